The molecule has 1 N–H and O–H groups in total. The average Bonchev–Trinajstić information content (AvgIpc) is 3.51. The summed E-state index contributed by atoms with van der Waals surface area (Å²) in [7, 11) is -3.63. The summed E-state index contributed by atoms with van der Waals surface area (Å²) in [6.45, 7) is 3.93. The monoisotopic (exact) mass is 711 g/mol. The molecular weight excluding hydrogens is 672 g/mol. The lowest BCUT2D eigenvalue weighted by molar-refractivity contribution is 0.0606. The summed E-state index contributed by atoms with van der Waals surface area (Å²) in [5, 5.41) is 0.212. The van der Waals surface area contributed by atoms with Gasteiger partial charge in [-0.1, -0.05) is 47.5 Å². The van der Waals surface area contributed by atoms with Crippen LogP contribution in [-0.2, 0) is 15.4 Å². The minimum absolute atomic E-state index is 0.00885. The van der Waals surface area contributed by atoms with Gasteiger partial charge >= 0.3 is 0 Å². The number of nitrogens with zero attached hydrogens (tertiary/aromatic N) is 4. The number of imidazole rings is 1. The van der Waals surface area contributed by atoms with E-state index in [9.17, 15) is 17.6 Å². The number of hydrogen-bond acceptors (Lipinski definition) is 5. The van der Waals surface area contributed by atoms with Crippen LogP contribution in [0.2, 0.25) is 10.0 Å². The number of likely N-dealkylation sites (tertiary alicyclic amines) is 1. The van der Waals surface area contributed by atoms with Gasteiger partial charge in [0.2, 0.25) is 10.0 Å². The maximum absolute atomic E-state index is 14.6. The van der Waals surface area contributed by atoms with Crippen LogP contribution in [0.3, 0.4) is 0 Å². The molecule has 3 fully saturated rings. The van der Waals surface area contributed by atoms with E-state index in [0.717, 1.165) is 49.0 Å². The predicted octanol–water partition coefficient (Wildman–Crippen LogP) is 7.59. The molecule has 7 rings (SSSR count). The van der Waals surface area contributed by atoms with Crippen LogP contribution in [0.15, 0.2) is 60.7 Å². The molecule has 0 radical (unpaired) electrons. The molecule has 0 aliphatic carbocycles. The summed E-state index contributed by atoms with van der Waals surface area (Å²) in [4.78, 5) is 23.0. The number of sulfonamides is 1. The van der Waals surface area contributed by atoms with Crippen LogP contribution in [0.1, 0.15) is 72.7 Å². The zero-order valence-corrected chi connectivity index (χ0v) is 29.5. The number of para-hydroxylation sites is 2. The highest BCUT2D eigenvalue weighted by Gasteiger charge is 2.44. The van der Waals surface area contributed by atoms with Gasteiger partial charge in [0.15, 0.2) is 0 Å². The molecule has 3 aliphatic heterocycles. The Bertz CT molecular complexity index is 1960. The number of carbonyl (C=O) groups excluding carboxylic acids is 1. The summed E-state index contributed by atoms with van der Waals surface area (Å²) in [6, 6.07) is 19.6. The van der Waals surface area contributed by atoms with Crippen molar-refractivity contribution in [1.82, 2.24) is 19.4 Å². The van der Waals surface area contributed by atoms with Crippen LogP contribution in [0.4, 0.5) is 10.1 Å². The zero-order chi connectivity index (χ0) is 33.8. The Morgan fingerprint density at radius 1 is 1.00 bits per heavy atom. The number of aryl methyl sites for hydroxylation is 1. The first-order valence-electron chi connectivity index (χ1n) is 16.6. The number of halogens is 3. The molecule has 2 unspecified atom stereocenters. The van der Waals surface area contributed by atoms with E-state index in [-0.39, 0.29) is 38.4 Å². The summed E-state index contributed by atoms with van der Waals surface area (Å²) in [5.74, 6) is 0.502. The number of carbonyl (C=O) groups is 1. The molecule has 8 nitrogen and oxygen atoms in total. The van der Waals surface area contributed by atoms with Gasteiger partial charge in [-0.2, -0.15) is 0 Å². The first-order chi connectivity index (χ1) is 22.9. The van der Waals surface area contributed by atoms with E-state index >= 15 is 0 Å². The van der Waals surface area contributed by atoms with Gasteiger partial charge in [-0.3, -0.25) is 14.4 Å². The van der Waals surface area contributed by atoms with Gasteiger partial charge < -0.3 is 9.47 Å². The van der Waals surface area contributed by atoms with Crippen LogP contribution in [0, 0.1) is 12.7 Å². The third-order valence-electron chi connectivity index (χ3n) is 10.9. The summed E-state index contributed by atoms with van der Waals surface area (Å²) < 4.78 is 43.2. The number of aromatic nitrogens is 2. The molecule has 3 saturated heterocycles. The Balaban J connectivity index is 1.08. The fourth-order valence-corrected chi connectivity index (χ4v) is 9.69. The molecule has 4 heterocycles. The highest BCUT2D eigenvalue weighted by atomic mass is 35.5. The second kappa shape index (κ2) is 12.9. The van der Waals surface area contributed by atoms with E-state index in [2.05, 4.69) is 39.3 Å². The van der Waals surface area contributed by atoms with Crippen molar-refractivity contribution in [1.29, 1.82) is 0 Å². The smallest absolute Gasteiger partial charge is 0.255 e. The fraction of sp³-hybridized carbons (Fsp3) is 0.444. The second-order valence-electron chi connectivity index (χ2n) is 13.8. The summed E-state index contributed by atoms with van der Waals surface area (Å²) in [6.07, 6.45) is 7.74. The Hall–Kier alpha value is -3.18. The predicted molar refractivity (Wildman–Crippen MR) is 189 cm³/mol. The third-order valence-corrected chi connectivity index (χ3v) is 12.1. The molecule has 48 heavy (non-hydrogen) atoms. The molecule has 254 valence electrons. The van der Waals surface area contributed by atoms with Gasteiger partial charge in [0, 0.05) is 36.2 Å². The molecule has 2 atom stereocenters. The average molecular weight is 713 g/mol. The SMILES string of the molecule is Cc1nc2ccccc2n1C1CC2CCC(C1)N2CCC1(c2cccc(F)c2)CCN(C(=O)c2cc(Cl)cc(NS(C)(=O)=O)c2Cl)CC1. The van der Waals surface area contributed by atoms with E-state index in [1.807, 2.05) is 12.1 Å². The van der Waals surface area contributed by atoms with E-state index < -0.39 is 10.0 Å². The van der Waals surface area contributed by atoms with Crippen LogP contribution in [0.25, 0.3) is 11.0 Å². The van der Waals surface area contributed by atoms with E-state index in [1.54, 1.807) is 17.0 Å². The van der Waals surface area contributed by atoms with Crippen LogP contribution in [0.5, 0.6) is 0 Å². The van der Waals surface area contributed by atoms with Gasteiger partial charge in [-0.15, -0.1) is 0 Å². The van der Waals surface area contributed by atoms with Crippen molar-refractivity contribution in [3.05, 3.63) is 93.5 Å². The van der Waals surface area contributed by atoms with E-state index in [4.69, 9.17) is 28.2 Å². The number of fused-ring (bicyclic) bond motifs is 3. The highest BCUT2D eigenvalue weighted by molar-refractivity contribution is 7.92. The molecular formula is C36H40Cl2FN5O3S. The number of benzene rings is 3. The van der Waals surface area contributed by atoms with Crippen molar-refractivity contribution in [2.24, 2.45) is 0 Å². The van der Waals surface area contributed by atoms with E-state index in [0.29, 0.717) is 44.1 Å². The molecule has 3 aliphatic rings. The van der Waals surface area contributed by atoms with Crippen molar-refractivity contribution in [2.75, 3.05) is 30.6 Å². The summed E-state index contributed by atoms with van der Waals surface area (Å²) >= 11 is 12.8. The summed E-state index contributed by atoms with van der Waals surface area (Å²) in [5.41, 5.74) is 3.15. The van der Waals surface area contributed by atoms with E-state index in [1.165, 1.54) is 36.6 Å². The maximum Gasteiger partial charge on any atom is 0.255 e. The Morgan fingerprint density at radius 3 is 2.40 bits per heavy atom. The Morgan fingerprint density at radius 2 is 1.71 bits per heavy atom. The van der Waals surface area contributed by atoms with Gasteiger partial charge in [0.25, 0.3) is 5.91 Å². The van der Waals surface area contributed by atoms with Crippen LogP contribution < -0.4 is 4.72 Å². The minimum atomic E-state index is -3.63. The quantitative estimate of drug-likeness (QED) is 0.204. The number of rotatable bonds is 8. The molecule has 2 bridgehead atoms. The number of amides is 1. The zero-order valence-electron chi connectivity index (χ0n) is 27.1. The Kier molecular flexibility index (Phi) is 8.98. The molecule has 4 aromatic rings. The van der Waals surface area contributed by atoms with Crippen LogP contribution in [-0.4, -0.2) is 71.6 Å². The van der Waals surface area contributed by atoms with Crippen molar-refractivity contribution in [3.63, 3.8) is 0 Å². The normalized spacial score (nSPS) is 22.7. The molecule has 0 saturated carbocycles. The van der Waals surface area contributed by atoms with Crippen molar-refractivity contribution < 1.29 is 17.6 Å². The molecule has 1 amide bonds. The highest BCUT2D eigenvalue weighted by Crippen LogP contribution is 2.45. The number of nitrogens with one attached hydrogen (secondary N) is 1. The fourth-order valence-electron chi connectivity index (χ4n) is 8.62. The number of anilines is 1. The number of hydrogen-bond donors (Lipinski definition) is 1. The van der Waals surface area contributed by atoms with Gasteiger partial charge in [0.05, 0.1) is 33.6 Å². The van der Waals surface area contributed by atoms with Crippen molar-refractivity contribution in [2.45, 2.75) is 75.4 Å². The maximum atomic E-state index is 14.6. The Labute approximate surface area is 291 Å². The lowest BCUT2D eigenvalue weighted by Gasteiger charge is -2.45. The first-order valence-corrected chi connectivity index (χ1v) is 19.3. The van der Waals surface area contributed by atoms with Gasteiger partial charge in [0.1, 0.15) is 11.6 Å². The standard InChI is InChI=1S/C36H40Cl2FN5O3S/c1-23-40-31-8-3-4-9-33(31)44(23)29-21-27-10-11-28(22-29)43(27)17-14-36(24-6-5-7-26(39)18-24)12-15-42(16-13-36)35(45)30-19-25(37)20-32(34(30)38)41-48(2,46)47/h3-9,18-20,27-29,41H,10-17,21-22H2,1-2H3. The lowest BCUT2D eigenvalue weighted by atomic mass is 9.70. The van der Waals surface area contributed by atoms with Gasteiger partial charge in [-0.25, -0.2) is 17.8 Å². The van der Waals surface area contributed by atoms with Crippen LogP contribution >= 0.6 is 23.2 Å². The first kappa shape index (κ1) is 33.3. The molecule has 1 aromatic heterocycles. The van der Waals surface area contributed by atoms with Gasteiger partial charge in [-0.05, 0) is 106 Å². The van der Waals surface area contributed by atoms with Crippen molar-refractivity contribution >= 4 is 55.9 Å². The van der Waals surface area contributed by atoms with Crippen molar-refractivity contribution in [3.8, 4) is 0 Å². The second-order valence-corrected chi connectivity index (χ2v) is 16.4. The minimum Gasteiger partial charge on any atom is -0.339 e. The third kappa shape index (κ3) is 6.44. The topological polar surface area (TPSA) is 87.5 Å². The largest absolute Gasteiger partial charge is 0.339 e. The lowest BCUT2D eigenvalue weighted by Crippen LogP contribution is -2.49. The molecule has 0 spiro atoms. The molecule has 12 heteroatoms. The molecule has 3 aromatic carbocycles. The number of piperidine rings is 2.